The van der Waals surface area contributed by atoms with Crippen LogP contribution in [0.4, 0.5) is 0 Å². The van der Waals surface area contributed by atoms with E-state index in [9.17, 15) is 9.59 Å². The second kappa shape index (κ2) is 8.68. The van der Waals surface area contributed by atoms with E-state index in [-0.39, 0.29) is 23.7 Å². The Morgan fingerprint density at radius 3 is 1.42 bits per heavy atom. The highest BCUT2D eigenvalue weighted by Gasteiger charge is 2.29. The molecule has 3 nitrogen and oxygen atoms in total. The van der Waals surface area contributed by atoms with Gasteiger partial charge in [0.15, 0.2) is 0 Å². The van der Waals surface area contributed by atoms with Gasteiger partial charge in [-0.15, -0.1) is 13.2 Å². The number of hydrogen-bond acceptors (Lipinski definition) is 3. The number of carbonyl (C=O) groups is 2. The molecule has 0 radical (unpaired) electrons. The summed E-state index contributed by atoms with van der Waals surface area (Å²) < 4.78 is 5.03. The Morgan fingerprint density at radius 2 is 1.21 bits per heavy atom. The molecule has 108 valence electrons. The van der Waals surface area contributed by atoms with E-state index in [4.69, 9.17) is 4.74 Å². The van der Waals surface area contributed by atoms with E-state index in [0.29, 0.717) is 12.8 Å². The second-order valence-corrected chi connectivity index (χ2v) is 5.49. The van der Waals surface area contributed by atoms with Crippen LogP contribution >= 0.6 is 0 Å². The lowest BCUT2D eigenvalue weighted by molar-refractivity contribution is -0.167. The Balaban J connectivity index is 4.71. The Hall–Kier alpha value is -1.38. The third-order valence-electron chi connectivity index (χ3n) is 3.26. The van der Waals surface area contributed by atoms with Gasteiger partial charge in [0.2, 0.25) is 0 Å². The van der Waals surface area contributed by atoms with Crippen molar-refractivity contribution in [1.82, 2.24) is 0 Å². The topological polar surface area (TPSA) is 43.4 Å². The zero-order valence-electron chi connectivity index (χ0n) is 12.5. The molecular formula is C16H26O3. The Kier molecular flexibility index (Phi) is 8.05. The summed E-state index contributed by atoms with van der Waals surface area (Å²) in [5, 5.41) is 0. The van der Waals surface area contributed by atoms with Gasteiger partial charge < -0.3 is 4.74 Å². The van der Waals surface area contributed by atoms with Gasteiger partial charge in [-0.2, -0.15) is 0 Å². The maximum absolute atomic E-state index is 12.0. The Morgan fingerprint density at radius 1 is 0.895 bits per heavy atom. The molecule has 0 bridgehead atoms. The summed E-state index contributed by atoms with van der Waals surface area (Å²) in [5.41, 5.74) is 0. The minimum atomic E-state index is -0.449. The lowest BCUT2D eigenvalue weighted by atomic mass is 9.91. The normalized spacial score (nSPS) is 14.0. The molecule has 0 fully saturated rings. The van der Waals surface area contributed by atoms with E-state index in [0.717, 1.165) is 0 Å². The Labute approximate surface area is 116 Å². The van der Waals surface area contributed by atoms with Gasteiger partial charge in [0, 0.05) is 0 Å². The molecule has 0 aromatic carbocycles. The monoisotopic (exact) mass is 266 g/mol. The van der Waals surface area contributed by atoms with Crippen LogP contribution in [-0.2, 0) is 14.3 Å². The summed E-state index contributed by atoms with van der Waals surface area (Å²) in [6, 6.07) is 0. The van der Waals surface area contributed by atoms with Crippen molar-refractivity contribution in [3.8, 4) is 0 Å². The van der Waals surface area contributed by atoms with Gasteiger partial charge in [-0.1, -0.05) is 39.8 Å². The van der Waals surface area contributed by atoms with E-state index in [1.165, 1.54) is 0 Å². The van der Waals surface area contributed by atoms with Gasteiger partial charge in [-0.3, -0.25) is 9.59 Å². The van der Waals surface area contributed by atoms with E-state index in [1.807, 2.05) is 27.7 Å². The zero-order chi connectivity index (χ0) is 15.0. The largest absolute Gasteiger partial charge is 0.393 e. The van der Waals surface area contributed by atoms with Crippen molar-refractivity contribution in [2.45, 2.75) is 40.5 Å². The fraction of sp³-hybridized carbons (Fsp3) is 0.625. The molecule has 0 amide bonds. The number of carbonyl (C=O) groups excluding carboxylic acids is 2. The number of allylic oxidation sites excluding steroid dienone is 2. The first-order chi connectivity index (χ1) is 8.84. The standard InChI is InChI=1S/C16H26O3/c1-7-9-13(11(3)4)15(17)19-16(18)14(10-8-2)12(5)6/h7-8,11-14H,1-2,9-10H2,3-6H3/t13-,14-/m0/s1. The number of ether oxygens (including phenoxy) is 1. The van der Waals surface area contributed by atoms with Gasteiger partial charge in [-0.05, 0) is 24.7 Å². The van der Waals surface area contributed by atoms with Gasteiger partial charge in [-0.25, -0.2) is 0 Å². The zero-order valence-corrected chi connectivity index (χ0v) is 12.5. The number of rotatable bonds is 8. The van der Waals surface area contributed by atoms with Crippen LogP contribution in [0.5, 0.6) is 0 Å². The van der Waals surface area contributed by atoms with Crippen molar-refractivity contribution in [1.29, 1.82) is 0 Å². The SMILES string of the molecule is C=CC[C@H](C(=O)OC(=O)[C@@H](CC=C)C(C)C)C(C)C. The maximum Gasteiger partial charge on any atom is 0.317 e. The smallest absolute Gasteiger partial charge is 0.317 e. The summed E-state index contributed by atoms with van der Waals surface area (Å²) >= 11 is 0. The molecule has 0 aliphatic rings. The average Bonchev–Trinajstić information content (AvgIpc) is 2.31. The lowest BCUT2D eigenvalue weighted by Gasteiger charge is -2.21. The van der Waals surface area contributed by atoms with Gasteiger partial charge in [0.05, 0.1) is 11.8 Å². The summed E-state index contributed by atoms with van der Waals surface area (Å²) in [6.07, 6.45) is 4.41. The van der Waals surface area contributed by atoms with E-state index in [2.05, 4.69) is 13.2 Å². The van der Waals surface area contributed by atoms with E-state index >= 15 is 0 Å². The second-order valence-electron chi connectivity index (χ2n) is 5.49. The molecule has 0 rings (SSSR count). The van der Waals surface area contributed by atoms with E-state index < -0.39 is 11.9 Å². The van der Waals surface area contributed by atoms with Crippen molar-refractivity contribution in [2.75, 3.05) is 0 Å². The number of hydrogen-bond donors (Lipinski definition) is 0. The quantitative estimate of drug-likeness (QED) is 0.382. The minimum Gasteiger partial charge on any atom is -0.393 e. The average molecular weight is 266 g/mol. The summed E-state index contributed by atoms with van der Waals surface area (Å²) in [5.74, 6) is -1.27. The van der Waals surface area contributed by atoms with Crippen molar-refractivity contribution in [3.63, 3.8) is 0 Å². The molecular weight excluding hydrogens is 240 g/mol. The first kappa shape index (κ1) is 17.6. The molecule has 2 atom stereocenters. The molecule has 0 heterocycles. The summed E-state index contributed by atoms with van der Waals surface area (Å²) in [6.45, 7) is 15.0. The number of esters is 2. The van der Waals surface area contributed by atoms with Crippen LogP contribution < -0.4 is 0 Å². The van der Waals surface area contributed by atoms with Crippen molar-refractivity contribution < 1.29 is 14.3 Å². The molecule has 0 N–H and O–H groups in total. The van der Waals surface area contributed by atoms with E-state index in [1.54, 1.807) is 12.2 Å². The van der Waals surface area contributed by atoms with Gasteiger partial charge in [0.1, 0.15) is 0 Å². The molecule has 0 saturated carbocycles. The first-order valence-corrected chi connectivity index (χ1v) is 6.82. The van der Waals surface area contributed by atoms with Crippen molar-refractivity contribution in [2.24, 2.45) is 23.7 Å². The van der Waals surface area contributed by atoms with Gasteiger partial charge in [0.25, 0.3) is 0 Å². The predicted molar refractivity (Wildman–Crippen MR) is 77.4 cm³/mol. The molecule has 0 aliphatic heterocycles. The van der Waals surface area contributed by atoms with Crippen LogP contribution in [0.3, 0.4) is 0 Å². The van der Waals surface area contributed by atoms with Crippen LogP contribution in [0, 0.1) is 23.7 Å². The third-order valence-corrected chi connectivity index (χ3v) is 3.26. The Bertz CT molecular complexity index is 297. The van der Waals surface area contributed by atoms with Crippen molar-refractivity contribution >= 4 is 11.9 Å². The van der Waals surface area contributed by atoms with Crippen LogP contribution in [-0.4, -0.2) is 11.9 Å². The molecule has 0 aliphatic carbocycles. The highest BCUT2D eigenvalue weighted by Crippen LogP contribution is 2.21. The molecule has 0 aromatic rings. The molecule has 0 spiro atoms. The molecule has 0 unspecified atom stereocenters. The highest BCUT2D eigenvalue weighted by molar-refractivity contribution is 5.88. The van der Waals surface area contributed by atoms with Crippen molar-refractivity contribution in [3.05, 3.63) is 25.3 Å². The van der Waals surface area contributed by atoms with Crippen LogP contribution in [0.15, 0.2) is 25.3 Å². The lowest BCUT2D eigenvalue weighted by Crippen LogP contribution is -2.30. The third kappa shape index (κ3) is 5.86. The molecule has 3 heteroatoms. The van der Waals surface area contributed by atoms with Crippen LogP contribution in [0.1, 0.15) is 40.5 Å². The summed E-state index contributed by atoms with van der Waals surface area (Å²) in [7, 11) is 0. The fourth-order valence-electron chi connectivity index (χ4n) is 1.89. The van der Waals surface area contributed by atoms with Crippen LogP contribution in [0.2, 0.25) is 0 Å². The van der Waals surface area contributed by atoms with Crippen LogP contribution in [0.25, 0.3) is 0 Å². The first-order valence-electron chi connectivity index (χ1n) is 6.82. The maximum atomic E-state index is 12.0. The molecule has 0 aromatic heterocycles. The molecule has 19 heavy (non-hydrogen) atoms. The van der Waals surface area contributed by atoms with Gasteiger partial charge >= 0.3 is 11.9 Å². The minimum absolute atomic E-state index is 0.121. The predicted octanol–water partition coefficient (Wildman–Crippen LogP) is 3.75. The molecule has 0 saturated heterocycles. The highest BCUT2D eigenvalue weighted by atomic mass is 16.6. The summed E-state index contributed by atoms with van der Waals surface area (Å²) in [4.78, 5) is 24.0. The fourth-order valence-corrected chi connectivity index (χ4v) is 1.89.